The Bertz CT molecular complexity index is 715. The van der Waals surface area contributed by atoms with Crippen LogP contribution in [0.3, 0.4) is 0 Å². The molecule has 0 aromatic heterocycles. The minimum absolute atomic E-state index is 0.0902. The van der Waals surface area contributed by atoms with Gasteiger partial charge in [-0.1, -0.05) is 23.4 Å². The van der Waals surface area contributed by atoms with E-state index in [1.807, 2.05) is 40.1 Å². The molecule has 0 radical (unpaired) electrons. The number of hydrogen-bond donors (Lipinski definition) is 1. The third-order valence-corrected chi connectivity index (χ3v) is 5.32. The van der Waals surface area contributed by atoms with Crippen LogP contribution < -0.4 is 5.32 Å². The monoisotopic (exact) mass is 356 g/mol. The Balaban J connectivity index is 1.38. The first-order valence-corrected chi connectivity index (χ1v) is 9.31. The largest absolute Gasteiger partial charge is 0.386 e. The van der Waals surface area contributed by atoms with Gasteiger partial charge < -0.3 is 20.0 Å². The molecule has 7 nitrogen and oxygen atoms in total. The summed E-state index contributed by atoms with van der Waals surface area (Å²) in [6.45, 7) is 2.91. The third kappa shape index (κ3) is 3.38. The fourth-order valence-corrected chi connectivity index (χ4v) is 3.96. The highest BCUT2D eigenvalue weighted by Crippen LogP contribution is 2.34. The van der Waals surface area contributed by atoms with Crippen molar-refractivity contribution in [1.82, 2.24) is 9.80 Å². The molecule has 4 rings (SSSR count). The molecule has 1 spiro atoms. The number of amides is 3. The Morgan fingerprint density at radius 1 is 1.04 bits per heavy atom. The number of benzene rings is 1. The number of anilines is 1. The van der Waals surface area contributed by atoms with E-state index in [4.69, 9.17) is 4.84 Å². The average molecular weight is 356 g/mol. The fourth-order valence-electron chi connectivity index (χ4n) is 3.96. The van der Waals surface area contributed by atoms with Gasteiger partial charge in [-0.3, -0.25) is 4.79 Å². The number of oxime groups is 1. The van der Waals surface area contributed by atoms with Crippen molar-refractivity contribution in [3.8, 4) is 0 Å². The summed E-state index contributed by atoms with van der Waals surface area (Å²) in [6.07, 6.45) is 4.27. The summed E-state index contributed by atoms with van der Waals surface area (Å²) in [5.41, 5.74) is 0.566. The van der Waals surface area contributed by atoms with Crippen LogP contribution in [0.25, 0.3) is 0 Å². The summed E-state index contributed by atoms with van der Waals surface area (Å²) in [7, 11) is 0. The van der Waals surface area contributed by atoms with Crippen LogP contribution >= 0.6 is 0 Å². The van der Waals surface area contributed by atoms with Crippen molar-refractivity contribution in [1.29, 1.82) is 0 Å². The smallest absolute Gasteiger partial charge is 0.320 e. The van der Waals surface area contributed by atoms with E-state index in [9.17, 15) is 9.59 Å². The molecule has 1 aromatic rings. The van der Waals surface area contributed by atoms with Crippen molar-refractivity contribution in [2.75, 3.05) is 31.5 Å². The molecule has 1 unspecified atom stereocenters. The lowest BCUT2D eigenvalue weighted by Gasteiger charge is -2.39. The molecule has 1 aromatic carbocycles. The first-order valence-electron chi connectivity index (χ1n) is 9.31. The molecular weight excluding hydrogens is 332 g/mol. The maximum absolute atomic E-state index is 12.7. The zero-order valence-electron chi connectivity index (χ0n) is 14.8. The number of nitrogens with zero attached hydrogens (tertiary/aromatic N) is 3. The molecule has 2 fully saturated rings. The summed E-state index contributed by atoms with van der Waals surface area (Å²) in [5, 5.41) is 6.90. The number of likely N-dealkylation sites (tertiary alicyclic amines) is 2. The highest BCUT2D eigenvalue weighted by atomic mass is 16.7. The zero-order chi connectivity index (χ0) is 18.0. The lowest BCUT2D eigenvalue weighted by Crippen LogP contribution is -2.53. The highest BCUT2D eigenvalue weighted by Gasteiger charge is 2.46. The second-order valence-corrected chi connectivity index (χ2v) is 7.31. The Morgan fingerprint density at radius 3 is 2.54 bits per heavy atom. The van der Waals surface area contributed by atoms with Crippen LogP contribution in [0.15, 0.2) is 35.5 Å². The van der Waals surface area contributed by atoms with Crippen molar-refractivity contribution in [2.24, 2.45) is 5.16 Å². The maximum Gasteiger partial charge on any atom is 0.320 e. The first kappa shape index (κ1) is 16.9. The zero-order valence-corrected chi connectivity index (χ0v) is 14.8. The van der Waals surface area contributed by atoms with Crippen molar-refractivity contribution >= 4 is 23.3 Å². The van der Waals surface area contributed by atoms with Gasteiger partial charge in [-0.05, 0) is 37.8 Å². The van der Waals surface area contributed by atoms with E-state index >= 15 is 0 Å². The lowest BCUT2D eigenvalue weighted by atomic mass is 9.88. The third-order valence-electron chi connectivity index (χ3n) is 5.32. The van der Waals surface area contributed by atoms with Crippen LogP contribution in [0.2, 0.25) is 0 Å². The lowest BCUT2D eigenvalue weighted by molar-refractivity contribution is -0.110. The summed E-state index contributed by atoms with van der Waals surface area (Å²) in [4.78, 5) is 34.6. The molecule has 1 atom stereocenters. The standard InChI is InChI=1S/C19H24N4O3/c24-17(20-15-7-2-1-3-8-15)16-13-19(26-21-16)9-6-12-23(14-19)18(25)22-10-4-5-11-22/h1-3,7-8H,4-6,9-14H2,(H,20,24). The predicted molar refractivity (Wildman–Crippen MR) is 97.9 cm³/mol. The normalized spacial score (nSPS) is 25.2. The highest BCUT2D eigenvalue weighted by molar-refractivity contribution is 6.43. The maximum atomic E-state index is 12.7. The van der Waals surface area contributed by atoms with Crippen LogP contribution in [-0.2, 0) is 9.63 Å². The van der Waals surface area contributed by atoms with E-state index in [0.29, 0.717) is 18.7 Å². The van der Waals surface area contributed by atoms with Gasteiger partial charge in [0, 0.05) is 31.7 Å². The van der Waals surface area contributed by atoms with Crippen LogP contribution in [0.4, 0.5) is 10.5 Å². The molecule has 0 aliphatic carbocycles. The second-order valence-electron chi connectivity index (χ2n) is 7.31. The van der Waals surface area contributed by atoms with Crippen LogP contribution in [0.1, 0.15) is 32.1 Å². The van der Waals surface area contributed by atoms with Gasteiger partial charge in [-0.25, -0.2) is 4.79 Å². The van der Waals surface area contributed by atoms with E-state index in [2.05, 4.69) is 10.5 Å². The predicted octanol–water partition coefficient (Wildman–Crippen LogP) is 2.45. The van der Waals surface area contributed by atoms with Gasteiger partial charge >= 0.3 is 6.03 Å². The number of hydrogen-bond acceptors (Lipinski definition) is 4. The van der Waals surface area contributed by atoms with Gasteiger partial charge in [0.2, 0.25) is 0 Å². The number of piperidine rings is 1. The quantitative estimate of drug-likeness (QED) is 0.884. The van der Waals surface area contributed by atoms with Crippen molar-refractivity contribution in [2.45, 2.75) is 37.7 Å². The van der Waals surface area contributed by atoms with Crippen LogP contribution in [0, 0.1) is 0 Å². The topological polar surface area (TPSA) is 74.2 Å². The summed E-state index contributed by atoms with van der Waals surface area (Å²) in [5.74, 6) is -0.240. The molecule has 1 N–H and O–H groups in total. The van der Waals surface area contributed by atoms with Gasteiger partial charge in [0.05, 0.1) is 6.54 Å². The summed E-state index contributed by atoms with van der Waals surface area (Å²) < 4.78 is 0. The van der Waals surface area contributed by atoms with Crippen molar-refractivity contribution in [3.05, 3.63) is 30.3 Å². The first-order chi connectivity index (χ1) is 12.7. The summed E-state index contributed by atoms with van der Waals surface area (Å²) >= 11 is 0. The van der Waals surface area contributed by atoms with E-state index in [-0.39, 0.29) is 11.9 Å². The Hall–Kier alpha value is -2.57. The minimum atomic E-state index is -0.559. The van der Waals surface area contributed by atoms with E-state index in [0.717, 1.165) is 51.0 Å². The van der Waals surface area contributed by atoms with Gasteiger partial charge in [0.1, 0.15) is 5.71 Å². The number of urea groups is 1. The molecule has 3 aliphatic rings. The number of para-hydroxylation sites is 1. The molecule has 0 bridgehead atoms. The molecular formula is C19H24N4O3. The minimum Gasteiger partial charge on any atom is -0.386 e. The Labute approximate surface area is 153 Å². The molecule has 3 aliphatic heterocycles. The molecule has 0 saturated carbocycles. The van der Waals surface area contributed by atoms with Gasteiger partial charge in [0.25, 0.3) is 5.91 Å². The van der Waals surface area contributed by atoms with E-state index < -0.39 is 5.60 Å². The molecule has 7 heteroatoms. The van der Waals surface area contributed by atoms with Gasteiger partial charge in [0.15, 0.2) is 5.60 Å². The molecule has 2 saturated heterocycles. The van der Waals surface area contributed by atoms with Crippen molar-refractivity contribution < 1.29 is 14.4 Å². The number of carbonyl (C=O) groups is 2. The molecule has 26 heavy (non-hydrogen) atoms. The SMILES string of the molecule is O=C(Nc1ccccc1)C1=NOC2(CCCN(C(=O)N3CCCC3)C2)C1. The van der Waals surface area contributed by atoms with Crippen LogP contribution in [0.5, 0.6) is 0 Å². The summed E-state index contributed by atoms with van der Waals surface area (Å²) in [6, 6.07) is 9.39. The van der Waals surface area contributed by atoms with Crippen LogP contribution in [-0.4, -0.2) is 59.2 Å². The Kier molecular flexibility index (Phi) is 4.53. The van der Waals surface area contributed by atoms with Gasteiger partial charge in [-0.2, -0.15) is 0 Å². The number of nitrogens with one attached hydrogen (secondary N) is 1. The number of carbonyl (C=O) groups excluding carboxylic acids is 2. The average Bonchev–Trinajstić information content (AvgIpc) is 3.33. The Morgan fingerprint density at radius 2 is 1.77 bits per heavy atom. The molecule has 3 heterocycles. The van der Waals surface area contributed by atoms with Crippen molar-refractivity contribution in [3.63, 3.8) is 0 Å². The molecule has 3 amide bonds. The fraction of sp³-hybridized carbons (Fsp3) is 0.526. The number of rotatable bonds is 2. The second kappa shape index (κ2) is 6.97. The van der Waals surface area contributed by atoms with Gasteiger partial charge in [-0.15, -0.1) is 0 Å². The molecule has 138 valence electrons. The van der Waals surface area contributed by atoms with E-state index in [1.165, 1.54) is 0 Å². The van der Waals surface area contributed by atoms with E-state index in [1.54, 1.807) is 0 Å².